The first-order chi connectivity index (χ1) is 10.1. The minimum Gasteiger partial charge on any atom is -0.439 e. The third kappa shape index (κ3) is 3.03. The lowest BCUT2D eigenvalue weighted by atomic mass is 9.92. The summed E-state index contributed by atoms with van der Waals surface area (Å²) in [7, 11) is 0. The Morgan fingerprint density at radius 1 is 1.10 bits per heavy atom. The van der Waals surface area contributed by atoms with Crippen molar-refractivity contribution in [2.75, 3.05) is 0 Å². The van der Waals surface area contributed by atoms with Crippen molar-refractivity contribution in [1.29, 1.82) is 0 Å². The molecule has 1 aromatic carbocycles. The lowest BCUT2D eigenvalue weighted by Gasteiger charge is -2.17. The first kappa shape index (κ1) is 14.3. The second kappa shape index (κ2) is 6.02. The quantitative estimate of drug-likeness (QED) is 0.754. The molecule has 0 bridgehead atoms. The molecule has 0 unspecified atom stereocenters. The van der Waals surface area contributed by atoms with Crippen LogP contribution in [0.25, 0.3) is 0 Å². The number of aryl methyl sites for hydroxylation is 2. The maximum absolute atomic E-state index is 6.17. The van der Waals surface area contributed by atoms with Crippen molar-refractivity contribution >= 4 is 11.6 Å². The number of hydrogen-bond acceptors (Lipinski definition) is 3. The van der Waals surface area contributed by atoms with E-state index in [1.54, 1.807) is 0 Å². The van der Waals surface area contributed by atoms with E-state index in [1.165, 1.54) is 36.7 Å². The fourth-order valence-corrected chi connectivity index (χ4v) is 3.15. The van der Waals surface area contributed by atoms with Gasteiger partial charge in [0.25, 0.3) is 0 Å². The normalized spacial score (nSPS) is 14.1. The molecule has 0 amide bonds. The van der Waals surface area contributed by atoms with Crippen LogP contribution in [-0.4, -0.2) is 9.97 Å². The van der Waals surface area contributed by atoms with Gasteiger partial charge in [0.1, 0.15) is 17.2 Å². The molecule has 1 aromatic heterocycles. The average Bonchev–Trinajstić information content (AvgIpc) is 2.47. The van der Waals surface area contributed by atoms with Gasteiger partial charge in [0.2, 0.25) is 5.88 Å². The van der Waals surface area contributed by atoms with Crippen LogP contribution < -0.4 is 4.74 Å². The number of halogens is 1. The highest BCUT2D eigenvalue weighted by molar-refractivity contribution is 6.30. The Balaban J connectivity index is 1.92. The van der Waals surface area contributed by atoms with Gasteiger partial charge in [-0.05, 0) is 54.9 Å². The predicted molar refractivity (Wildman–Crippen MR) is 84.3 cm³/mol. The van der Waals surface area contributed by atoms with Crippen molar-refractivity contribution in [3.05, 3.63) is 46.4 Å². The molecule has 1 aliphatic rings. The van der Waals surface area contributed by atoms with Gasteiger partial charge in [-0.15, -0.1) is 0 Å². The summed E-state index contributed by atoms with van der Waals surface area (Å²) in [5.74, 6) is 1.60. The van der Waals surface area contributed by atoms with Crippen molar-refractivity contribution in [3.8, 4) is 11.6 Å². The summed E-state index contributed by atoms with van der Waals surface area (Å²) in [5, 5.41) is 0.466. The van der Waals surface area contributed by atoms with Gasteiger partial charge in [-0.1, -0.05) is 31.5 Å². The molecule has 0 fully saturated rings. The lowest BCUT2D eigenvalue weighted by Crippen LogP contribution is -2.03. The number of hydrogen-bond donors (Lipinski definition) is 0. The van der Waals surface area contributed by atoms with Crippen molar-refractivity contribution in [3.63, 3.8) is 0 Å². The maximum atomic E-state index is 6.17. The summed E-state index contributed by atoms with van der Waals surface area (Å²) in [6, 6.07) is 6.32. The summed E-state index contributed by atoms with van der Waals surface area (Å²) >= 11 is 6.17. The zero-order chi connectivity index (χ0) is 14.8. The van der Waals surface area contributed by atoms with E-state index >= 15 is 0 Å². The SMILES string of the molecule is CC(C)c1c(Cl)ncnc1Oc1ccc2c(c1)CCCC2. The Bertz CT molecular complexity index is 655. The smallest absolute Gasteiger partial charge is 0.227 e. The molecule has 0 atom stereocenters. The molecule has 0 N–H and O–H groups in total. The van der Waals surface area contributed by atoms with Gasteiger partial charge in [0, 0.05) is 0 Å². The number of rotatable bonds is 3. The summed E-state index contributed by atoms with van der Waals surface area (Å²) in [6.45, 7) is 4.12. The molecule has 110 valence electrons. The highest BCUT2D eigenvalue weighted by atomic mass is 35.5. The number of benzene rings is 1. The van der Waals surface area contributed by atoms with Crippen molar-refractivity contribution in [2.24, 2.45) is 0 Å². The Kier molecular flexibility index (Phi) is 4.11. The first-order valence-corrected chi connectivity index (χ1v) is 7.83. The minimum absolute atomic E-state index is 0.214. The van der Waals surface area contributed by atoms with Gasteiger partial charge < -0.3 is 4.74 Å². The summed E-state index contributed by atoms with van der Waals surface area (Å²) in [5.41, 5.74) is 3.69. The van der Waals surface area contributed by atoms with E-state index in [9.17, 15) is 0 Å². The molecule has 21 heavy (non-hydrogen) atoms. The Hall–Kier alpha value is -1.61. The monoisotopic (exact) mass is 302 g/mol. The van der Waals surface area contributed by atoms with E-state index in [0.29, 0.717) is 11.0 Å². The van der Waals surface area contributed by atoms with Crippen LogP contribution in [0.2, 0.25) is 5.15 Å². The Labute approximate surface area is 130 Å². The highest BCUT2D eigenvalue weighted by Crippen LogP contribution is 2.34. The van der Waals surface area contributed by atoms with E-state index in [2.05, 4.69) is 35.9 Å². The zero-order valence-corrected chi connectivity index (χ0v) is 13.2. The summed E-state index contributed by atoms with van der Waals surface area (Å²) < 4.78 is 5.98. The van der Waals surface area contributed by atoms with Crippen molar-refractivity contribution in [2.45, 2.75) is 45.4 Å². The van der Waals surface area contributed by atoms with Crippen molar-refractivity contribution < 1.29 is 4.74 Å². The van der Waals surface area contributed by atoms with E-state index in [0.717, 1.165) is 17.7 Å². The molecule has 1 aliphatic carbocycles. The van der Waals surface area contributed by atoms with Gasteiger partial charge in [0.15, 0.2) is 0 Å². The maximum Gasteiger partial charge on any atom is 0.227 e. The second-order valence-corrected chi connectivity index (χ2v) is 6.14. The average molecular weight is 303 g/mol. The standard InChI is InChI=1S/C17H19ClN2O/c1-11(2)15-16(18)19-10-20-17(15)21-14-8-7-12-5-3-4-6-13(12)9-14/h7-11H,3-6H2,1-2H3. The molecule has 1 heterocycles. The molecular weight excluding hydrogens is 284 g/mol. The van der Waals surface area contributed by atoms with E-state index in [4.69, 9.17) is 16.3 Å². The van der Waals surface area contributed by atoms with E-state index in [1.807, 2.05) is 6.07 Å². The van der Waals surface area contributed by atoms with Crippen LogP contribution >= 0.6 is 11.6 Å². The largest absolute Gasteiger partial charge is 0.439 e. The fourth-order valence-electron chi connectivity index (χ4n) is 2.81. The molecule has 2 aromatic rings. The van der Waals surface area contributed by atoms with Crippen LogP contribution in [0.1, 0.15) is 49.3 Å². The van der Waals surface area contributed by atoms with Gasteiger partial charge in [-0.3, -0.25) is 0 Å². The van der Waals surface area contributed by atoms with E-state index in [-0.39, 0.29) is 5.92 Å². The van der Waals surface area contributed by atoms with Crippen LogP contribution in [0.15, 0.2) is 24.5 Å². The molecule has 0 spiro atoms. The van der Waals surface area contributed by atoms with Gasteiger partial charge >= 0.3 is 0 Å². The van der Waals surface area contributed by atoms with Crippen LogP contribution in [0.3, 0.4) is 0 Å². The molecular formula is C17H19ClN2O. The Morgan fingerprint density at radius 2 is 1.86 bits per heavy atom. The third-order valence-electron chi connectivity index (χ3n) is 3.91. The fraction of sp³-hybridized carbons (Fsp3) is 0.412. The molecule has 0 saturated heterocycles. The topological polar surface area (TPSA) is 35.0 Å². The predicted octanol–water partition coefficient (Wildman–Crippen LogP) is 4.92. The van der Waals surface area contributed by atoms with Crippen LogP contribution in [0.4, 0.5) is 0 Å². The molecule has 0 aliphatic heterocycles. The zero-order valence-electron chi connectivity index (χ0n) is 12.4. The van der Waals surface area contributed by atoms with Crippen LogP contribution in [0, 0.1) is 0 Å². The lowest BCUT2D eigenvalue weighted by molar-refractivity contribution is 0.450. The number of fused-ring (bicyclic) bond motifs is 1. The number of aromatic nitrogens is 2. The molecule has 3 rings (SSSR count). The van der Waals surface area contributed by atoms with Crippen LogP contribution in [0.5, 0.6) is 11.6 Å². The van der Waals surface area contributed by atoms with Crippen molar-refractivity contribution in [1.82, 2.24) is 9.97 Å². The van der Waals surface area contributed by atoms with Crippen LogP contribution in [-0.2, 0) is 12.8 Å². The van der Waals surface area contributed by atoms with Gasteiger partial charge in [0.05, 0.1) is 5.56 Å². The molecule has 0 radical (unpaired) electrons. The number of ether oxygens (including phenoxy) is 1. The minimum atomic E-state index is 0.214. The first-order valence-electron chi connectivity index (χ1n) is 7.45. The molecule has 3 nitrogen and oxygen atoms in total. The summed E-state index contributed by atoms with van der Waals surface area (Å²) in [6.07, 6.45) is 6.29. The molecule has 4 heteroatoms. The van der Waals surface area contributed by atoms with E-state index < -0.39 is 0 Å². The van der Waals surface area contributed by atoms with Gasteiger partial charge in [-0.25, -0.2) is 9.97 Å². The third-order valence-corrected chi connectivity index (χ3v) is 4.21. The number of nitrogens with zero attached hydrogens (tertiary/aromatic N) is 2. The Morgan fingerprint density at radius 3 is 2.62 bits per heavy atom. The van der Waals surface area contributed by atoms with Gasteiger partial charge in [-0.2, -0.15) is 0 Å². The second-order valence-electron chi connectivity index (χ2n) is 5.78. The summed E-state index contributed by atoms with van der Waals surface area (Å²) in [4.78, 5) is 8.30. The highest BCUT2D eigenvalue weighted by Gasteiger charge is 2.16. The molecule has 0 saturated carbocycles.